The number of nitrogens with zero attached hydrogens (tertiary/aromatic N) is 4. The number of carboxylic acid groups (broad SMARTS) is 1. The van der Waals surface area contributed by atoms with E-state index >= 15 is 0 Å². The molecule has 0 atom stereocenters. The zero-order chi connectivity index (χ0) is 23.6. The maximum Gasteiger partial charge on any atom is 0.490 e. The van der Waals surface area contributed by atoms with Crippen molar-refractivity contribution in [3.63, 3.8) is 0 Å². The second-order valence-electron chi connectivity index (χ2n) is 6.46. The Morgan fingerprint density at radius 2 is 1.90 bits per heavy atom. The van der Waals surface area contributed by atoms with Crippen molar-refractivity contribution >= 4 is 29.3 Å². The molecular formula is C19H19ClF3N5O3. The minimum Gasteiger partial charge on any atom is -0.475 e. The Kier molecular flexibility index (Phi) is 9.69. The topological polar surface area (TPSA) is 119 Å². The lowest BCUT2D eigenvalue weighted by Crippen LogP contribution is -2.45. The van der Waals surface area contributed by atoms with Gasteiger partial charge in [0.2, 0.25) is 11.7 Å². The van der Waals surface area contributed by atoms with Gasteiger partial charge in [0.25, 0.3) is 0 Å². The van der Waals surface area contributed by atoms with E-state index in [4.69, 9.17) is 26.8 Å². The molecule has 1 heterocycles. The van der Waals surface area contributed by atoms with E-state index in [0.717, 1.165) is 5.56 Å². The van der Waals surface area contributed by atoms with Crippen molar-refractivity contribution < 1.29 is 27.9 Å². The smallest absolute Gasteiger partial charge is 0.475 e. The summed E-state index contributed by atoms with van der Waals surface area (Å²) in [6.45, 7) is 4.61. The van der Waals surface area contributed by atoms with Crippen LogP contribution in [0.5, 0.6) is 0 Å². The molecule has 0 bridgehead atoms. The summed E-state index contributed by atoms with van der Waals surface area (Å²) in [6, 6.07) is 10.8. The van der Waals surface area contributed by atoms with E-state index in [-0.39, 0.29) is 24.1 Å². The van der Waals surface area contributed by atoms with E-state index in [1.165, 1.54) is 6.20 Å². The first-order valence-electron chi connectivity index (χ1n) is 8.77. The van der Waals surface area contributed by atoms with Crippen LogP contribution in [0.2, 0.25) is 5.02 Å². The number of aromatic nitrogens is 2. The van der Waals surface area contributed by atoms with Crippen molar-refractivity contribution in [1.29, 1.82) is 5.26 Å². The third kappa shape index (κ3) is 9.31. The van der Waals surface area contributed by atoms with Crippen molar-refractivity contribution in [3.05, 3.63) is 52.9 Å². The lowest BCUT2D eigenvalue weighted by Gasteiger charge is -2.26. The van der Waals surface area contributed by atoms with Gasteiger partial charge in [-0.15, -0.1) is 0 Å². The van der Waals surface area contributed by atoms with Gasteiger partial charge in [-0.2, -0.15) is 23.4 Å². The first-order chi connectivity index (χ1) is 14.4. The van der Waals surface area contributed by atoms with Crippen molar-refractivity contribution in [2.45, 2.75) is 26.4 Å². The molecule has 8 nitrogen and oxygen atoms in total. The molecule has 0 spiro atoms. The molecule has 0 aliphatic rings. The van der Waals surface area contributed by atoms with Crippen molar-refractivity contribution in [2.75, 3.05) is 11.6 Å². The lowest BCUT2D eigenvalue weighted by molar-refractivity contribution is -0.192. The van der Waals surface area contributed by atoms with Crippen LogP contribution in [-0.2, 0) is 16.0 Å². The number of carbonyl (C=O) groups is 2. The number of aliphatic carboxylic acids is 1. The summed E-state index contributed by atoms with van der Waals surface area (Å²) in [5.74, 6) is -2.15. The van der Waals surface area contributed by atoms with Crippen molar-refractivity contribution in [2.24, 2.45) is 5.92 Å². The minimum absolute atomic E-state index is 0.0570. The predicted molar refractivity (Wildman–Crippen MR) is 106 cm³/mol. The number of carboxylic acids is 1. The number of nitriles is 1. The Morgan fingerprint density at radius 3 is 2.42 bits per heavy atom. The van der Waals surface area contributed by atoms with Crippen LogP contribution < -0.4 is 10.4 Å². The minimum atomic E-state index is -5.08. The Morgan fingerprint density at radius 1 is 1.29 bits per heavy atom. The van der Waals surface area contributed by atoms with Crippen LogP contribution in [0.25, 0.3) is 0 Å². The summed E-state index contributed by atoms with van der Waals surface area (Å²) in [7, 11) is 0. The van der Waals surface area contributed by atoms with E-state index in [2.05, 4.69) is 15.4 Å². The highest BCUT2D eigenvalue weighted by molar-refractivity contribution is 6.31. The van der Waals surface area contributed by atoms with Gasteiger partial charge in [-0.1, -0.05) is 43.6 Å². The Hall–Kier alpha value is -3.39. The molecule has 2 N–H and O–H groups in total. The van der Waals surface area contributed by atoms with Gasteiger partial charge in [-0.05, 0) is 17.5 Å². The first-order valence-corrected chi connectivity index (χ1v) is 9.15. The molecule has 2 rings (SSSR count). The van der Waals surface area contributed by atoms with Crippen molar-refractivity contribution in [3.8, 4) is 6.07 Å². The van der Waals surface area contributed by atoms with Crippen LogP contribution in [0, 0.1) is 17.2 Å². The van der Waals surface area contributed by atoms with Crippen LogP contribution >= 0.6 is 11.6 Å². The summed E-state index contributed by atoms with van der Waals surface area (Å²) in [5, 5.41) is 18.2. The van der Waals surface area contributed by atoms with Gasteiger partial charge in [0.1, 0.15) is 6.07 Å². The Labute approximate surface area is 181 Å². The fraction of sp³-hybridized carbons (Fsp3) is 0.316. The highest BCUT2D eigenvalue weighted by Gasteiger charge is 2.38. The van der Waals surface area contributed by atoms with E-state index in [1.54, 1.807) is 17.1 Å². The normalized spacial score (nSPS) is 10.5. The molecular weight excluding hydrogens is 439 g/mol. The number of alkyl halides is 3. The Balaban J connectivity index is 0.000000592. The van der Waals surface area contributed by atoms with Gasteiger partial charge >= 0.3 is 12.1 Å². The molecule has 12 heteroatoms. The van der Waals surface area contributed by atoms with Gasteiger partial charge in [-0.25, -0.2) is 9.78 Å². The number of nitrogens with one attached hydrogen (secondary N) is 1. The number of halogens is 4. The molecule has 166 valence electrons. The largest absolute Gasteiger partial charge is 0.490 e. The van der Waals surface area contributed by atoms with E-state index in [0.29, 0.717) is 17.4 Å². The number of carbonyl (C=O) groups excluding carboxylic acids is 1. The van der Waals surface area contributed by atoms with E-state index in [1.807, 2.05) is 38.1 Å². The first kappa shape index (κ1) is 25.6. The van der Waals surface area contributed by atoms with E-state index in [9.17, 15) is 18.0 Å². The average molecular weight is 458 g/mol. The summed E-state index contributed by atoms with van der Waals surface area (Å²) in [4.78, 5) is 29.2. The molecule has 31 heavy (non-hydrogen) atoms. The molecule has 1 aromatic carbocycles. The SMILES string of the molecule is CC(C)CN(NC(=O)Cc1ccccc1Cl)c1ccnc(C#N)n1.O=C(O)C(F)(F)F. The molecule has 1 aromatic heterocycles. The van der Waals surface area contributed by atoms with Gasteiger partial charge in [0, 0.05) is 23.8 Å². The van der Waals surface area contributed by atoms with Crippen LogP contribution in [0.4, 0.5) is 19.0 Å². The fourth-order valence-corrected chi connectivity index (χ4v) is 2.32. The molecule has 1 amide bonds. The number of hydrogen-bond donors (Lipinski definition) is 2. The number of rotatable bonds is 6. The molecule has 0 saturated carbocycles. The maximum absolute atomic E-state index is 12.4. The predicted octanol–water partition coefficient (Wildman–Crippen LogP) is 3.37. The molecule has 0 aliphatic heterocycles. The highest BCUT2D eigenvalue weighted by atomic mass is 35.5. The second-order valence-corrected chi connectivity index (χ2v) is 6.87. The lowest BCUT2D eigenvalue weighted by atomic mass is 10.1. The summed E-state index contributed by atoms with van der Waals surface area (Å²) in [6.07, 6.45) is -3.43. The van der Waals surface area contributed by atoms with Crippen LogP contribution in [0.1, 0.15) is 25.2 Å². The molecule has 0 fully saturated rings. The molecule has 0 saturated heterocycles. The van der Waals surface area contributed by atoms with E-state index < -0.39 is 12.1 Å². The van der Waals surface area contributed by atoms with Crippen LogP contribution in [0.3, 0.4) is 0 Å². The Bertz CT molecular complexity index is 948. The number of anilines is 1. The van der Waals surface area contributed by atoms with Gasteiger partial charge in [0.05, 0.1) is 6.42 Å². The number of benzene rings is 1. The number of amides is 1. The third-order valence-electron chi connectivity index (χ3n) is 3.38. The summed E-state index contributed by atoms with van der Waals surface area (Å²) < 4.78 is 31.7. The molecule has 2 aromatic rings. The number of hydrazine groups is 1. The van der Waals surface area contributed by atoms with Crippen molar-refractivity contribution in [1.82, 2.24) is 15.4 Å². The third-order valence-corrected chi connectivity index (χ3v) is 3.74. The fourth-order valence-electron chi connectivity index (χ4n) is 2.12. The van der Waals surface area contributed by atoms with Gasteiger partial charge in [0.15, 0.2) is 5.82 Å². The second kappa shape index (κ2) is 11.7. The summed E-state index contributed by atoms with van der Waals surface area (Å²) >= 11 is 6.10. The van der Waals surface area contributed by atoms with Gasteiger partial charge < -0.3 is 5.11 Å². The molecule has 0 aliphatic carbocycles. The molecule has 0 unspecified atom stereocenters. The number of hydrogen-bond acceptors (Lipinski definition) is 6. The van der Waals surface area contributed by atoms with Crippen LogP contribution in [-0.4, -0.2) is 39.7 Å². The monoisotopic (exact) mass is 457 g/mol. The molecule has 0 radical (unpaired) electrons. The van der Waals surface area contributed by atoms with Gasteiger partial charge in [-0.3, -0.25) is 15.2 Å². The quantitative estimate of drug-likeness (QED) is 0.638. The summed E-state index contributed by atoms with van der Waals surface area (Å²) in [5.41, 5.74) is 3.58. The zero-order valence-corrected chi connectivity index (χ0v) is 17.3. The standard InChI is InChI=1S/C17H18ClN5O.C2HF3O2/c1-12(2)11-23(16-7-8-20-15(10-19)21-16)22-17(24)9-13-5-3-4-6-14(13)18;3-2(4,5)1(6)7/h3-8,12H,9,11H2,1-2H3,(H,22,24);(H,6,7). The van der Waals surface area contributed by atoms with Crippen LogP contribution in [0.15, 0.2) is 36.5 Å². The zero-order valence-electron chi connectivity index (χ0n) is 16.5. The average Bonchev–Trinajstić information content (AvgIpc) is 2.68. The maximum atomic E-state index is 12.4. The highest BCUT2D eigenvalue weighted by Crippen LogP contribution is 2.16.